The Balaban J connectivity index is 1.32. The van der Waals surface area contributed by atoms with Gasteiger partial charge in [-0.1, -0.05) is 54.6 Å². The largest absolute Gasteiger partial charge is 0.368 e. The molecule has 1 saturated heterocycles. The van der Waals surface area contributed by atoms with Crippen molar-refractivity contribution in [3.05, 3.63) is 83.4 Å². The van der Waals surface area contributed by atoms with Crippen LogP contribution in [0.3, 0.4) is 0 Å². The van der Waals surface area contributed by atoms with Gasteiger partial charge in [-0.2, -0.15) is 0 Å². The van der Waals surface area contributed by atoms with Crippen LogP contribution in [0.4, 0.5) is 5.69 Å². The molecule has 0 unspecified atom stereocenters. The van der Waals surface area contributed by atoms with Crippen molar-refractivity contribution in [1.29, 1.82) is 0 Å². The summed E-state index contributed by atoms with van der Waals surface area (Å²) in [6, 6.07) is 20.2. The highest BCUT2D eigenvalue weighted by Gasteiger charge is 2.33. The van der Waals surface area contributed by atoms with E-state index in [0.717, 1.165) is 49.2 Å². The van der Waals surface area contributed by atoms with Gasteiger partial charge in [-0.15, -0.1) is 0 Å². The van der Waals surface area contributed by atoms with Crippen molar-refractivity contribution < 1.29 is 9.59 Å². The summed E-state index contributed by atoms with van der Waals surface area (Å²) in [4.78, 5) is 34.6. The lowest BCUT2D eigenvalue weighted by molar-refractivity contribution is 0.0601. The minimum Gasteiger partial charge on any atom is -0.368 e. The maximum absolute atomic E-state index is 13.2. The fourth-order valence-corrected chi connectivity index (χ4v) is 4.98. The fraction of sp³-hybridized carbons (Fsp3) is 0.310. The van der Waals surface area contributed by atoms with Gasteiger partial charge in [0.15, 0.2) is 0 Å². The maximum atomic E-state index is 13.2. The lowest BCUT2D eigenvalue weighted by Crippen LogP contribution is -2.46. The molecule has 0 aromatic heterocycles. The molecule has 0 spiro atoms. The zero-order valence-corrected chi connectivity index (χ0v) is 20.5. The number of imide groups is 1. The first-order valence-corrected chi connectivity index (χ1v) is 12.3. The molecule has 5 rings (SSSR count). The number of hydrogen-bond donors (Lipinski definition) is 0. The number of amides is 2. The first-order valence-electron chi connectivity index (χ1n) is 12.3. The summed E-state index contributed by atoms with van der Waals surface area (Å²) >= 11 is 0. The monoisotopic (exact) mass is 468 g/mol. The van der Waals surface area contributed by atoms with Crippen LogP contribution >= 0.6 is 0 Å². The number of benzene rings is 3. The van der Waals surface area contributed by atoms with Crippen molar-refractivity contribution in [2.24, 2.45) is 0 Å². The van der Waals surface area contributed by atoms with Crippen molar-refractivity contribution in [2.45, 2.75) is 0 Å². The van der Waals surface area contributed by atoms with E-state index in [2.05, 4.69) is 52.3 Å². The second-order valence-electron chi connectivity index (χ2n) is 9.53. The van der Waals surface area contributed by atoms with E-state index in [1.54, 1.807) is 0 Å². The average molecular weight is 469 g/mol. The Morgan fingerprint density at radius 1 is 0.829 bits per heavy atom. The molecule has 0 bridgehead atoms. The van der Waals surface area contributed by atoms with Crippen LogP contribution in [0.1, 0.15) is 26.3 Å². The van der Waals surface area contributed by atoms with E-state index in [0.29, 0.717) is 24.2 Å². The molecular formula is C29H32N4O2. The van der Waals surface area contributed by atoms with Gasteiger partial charge in [0, 0.05) is 73.4 Å². The van der Waals surface area contributed by atoms with Gasteiger partial charge >= 0.3 is 0 Å². The molecule has 0 N–H and O–H groups in total. The first-order chi connectivity index (χ1) is 17.0. The number of hydrogen-bond acceptors (Lipinski definition) is 5. The van der Waals surface area contributed by atoms with Gasteiger partial charge in [0.05, 0.1) is 0 Å². The predicted molar refractivity (Wildman–Crippen MR) is 142 cm³/mol. The van der Waals surface area contributed by atoms with Crippen LogP contribution in [-0.2, 0) is 0 Å². The molecule has 0 aliphatic carbocycles. The van der Waals surface area contributed by atoms with Crippen molar-refractivity contribution in [3.8, 4) is 0 Å². The third-order valence-corrected chi connectivity index (χ3v) is 6.93. The molecule has 3 aromatic rings. The molecule has 0 radical (unpaired) electrons. The van der Waals surface area contributed by atoms with Gasteiger partial charge in [0.1, 0.15) is 0 Å². The quantitative estimate of drug-likeness (QED) is 0.493. The fourth-order valence-electron chi connectivity index (χ4n) is 4.98. The Morgan fingerprint density at radius 3 is 2.26 bits per heavy atom. The Morgan fingerprint density at radius 2 is 1.54 bits per heavy atom. The number of likely N-dealkylation sites (N-methyl/N-ethyl adjacent to an activating group) is 1. The predicted octanol–water partition coefficient (Wildman–Crippen LogP) is 3.83. The molecule has 180 valence electrons. The van der Waals surface area contributed by atoms with E-state index >= 15 is 0 Å². The standard InChI is InChI=1S/C29H32N4O2/c1-30(2)16-21-33-28(34)24-12-6-11-23-26(14-13-25(27(23)24)29(33)35)32-19-17-31(18-20-32)15-7-10-22-8-4-3-5-9-22/h3-14H,15-21H2,1-2H3/b10-7+. The highest BCUT2D eigenvalue weighted by Crippen LogP contribution is 2.36. The minimum absolute atomic E-state index is 0.192. The molecule has 1 fully saturated rings. The molecule has 2 amide bonds. The van der Waals surface area contributed by atoms with Gasteiger partial charge < -0.3 is 9.80 Å². The Labute approximate surface area is 207 Å². The third-order valence-electron chi connectivity index (χ3n) is 6.93. The molecule has 2 aliphatic heterocycles. The highest BCUT2D eigenvalue weighted by atomic mass is 16.2. The van der Waals surface area contributed by atoms with E-state index in [1.165, 1.54) is 10.5 Å². The van der Waals surface area contributed by atoms with Gasteiger partial charge in [-0.3, -0.25) is 19.4 Å². The average Bonchev–Trinajstić information content (AvgIpc) is 2.88. The Bertz CT molecular complexity index is 1240. The van der Waals surface area contributed by atoms with Crippen molar-refractivity contribution in [3.63, 3.8) is 0 Å². The van der Waals surface area contributed by atoms with E-state index in [1.807, 2.05) is 49.3 Å². The topological polar surface area (TPSA) is 47.1 Å². The molecule has 35 heavy (non-hydrogen) atoms. The van der Waals surface area contributed by atoms with E-state index in [4.69, 9.17) is 0 Å². The van der Waals surface area contributed by atoms with Gasteiger partial charge in [0.25, 0.3) is 11.8 Å². The molecule has 6 heteroatoms. The number of rotatable bonds is 7. The smallest absolute Gasteiger partial charge is 0.261 e. The highest BCUT2D eigenvalue weighted by molar-refractivity contribution is 6.26. The van der Waals surface area contributed by atoms with Crippen LogP contribution in [-0.4, -0.2) is 86.4 Å². The van der Waals surface area contributed by atoms with E-state index in [-0.39, 0.29) is 11.8 Å². The lowest BCUT2D eigenvalue weighted by Gasteiger charge is -2.37. The van der Waals surface area contributed by atoms with Crippen LogP contribution < -0.4 is 4.90 Å². The van der Waals surface area contributed by atoms with Gasteiger partial charge in [0.2, 0.25) is 0 Å². The maximum Gasteiger partial charge on any atom is 0.261 e. The number of anilines is 1. The van der Waals surface area contributed by atoms with Gasteiger partial charge in [-0.25, -0.2) is 0 Å². The molecule has 0 saturated carbocycles. The van der Waals surface area contributed by atoms with Crippen LogP contribution in [0.15, 0.2) is 66.7 Å². The first kappa shape index (κ1) is 23.3. The number of carbonyl (C=O) groups is 2. The molecule has 2 heterocycles. The SMILES string of the molecule is CN(C)CCN1C(=O)c2cccc3c(N4CCN(C/C=C/c5ccccc5)CC4)ccc(c23)C1=O. The summed E-state index contributed by atoms with van der Waals surface area (Å²) in [6.07, 6.45) is 4.40. The number of piperazine rings is 1. The second kappa shape index (κ2) is 10.0. The molecular weight excluding hydrogens is 436 g/mol. The summed E-state index contributed by atoms with van der Waals surface area (Å²) in [5, 5.41) is 1.79. The molecule has 3 aromatic carbocycles. The summed E-state index contributed by atoms with van der Waals surface area (Å²) in [5.74, 6) is -0.385. The summed E-state index contributed by atoms with van der Waals surface area (Å²) in [7, 11) is 3.89. The van der Waals surface area contributed by atoms with E-state index < -0.39 is 0 Å². The third kappa shape index (κ3) is 4.72. The Kier molecular flexibility index (Phi) is 6.66. The van der Waals surface area contributed by atoms with Crippen molar-refractivity contribution >= 4 is 34.4 Å². The normalized spacial score (nSPS) is 16.8. The summed E-state index contributed by atoms with van der Waals surface area (Å²) in [6.45, 7) is 5.73. The zero-order chi connectivity index (χ0) is 24.4. The second-order valence-corrected chi connectivity index (χ2v) is 9.53. The van der Waals surface area contributed by atoms with Gasteiger partial charge in [-0.05, 0) is 37.9 Å². The minimum atomic E-state index is -0.192. The summed E-state index contributed by atoms with van der Waals surface area (Å²) < 4.78 is 0. The van der Waals surface area contributed by atoms with Crippen LogP contribution in [0.25, 0.3) is 16.8 Å². The molecule has 6 nitrogen and oxygen atoms in total. The van der Waals surface area contributed by atoms with Crippen LogP contribution in [0.2, 0.25) is 0 Å². The number of nitrogens with zero attached hydrogens (tertiary/aromatic N) is 4. The molecule has 2 aliphatic rings. The van der Waals surface area contributed by atoms with Crippen LogP contribution in [0.5, 0.6) is 0 Å². The molecule has 0 atom stereocenters. The Hall–Kier alpha value is -3.48. The van der Waals surface area contributed by atoms with Crippen molar-refractivity contribution in [2.75, 3.05) is 64.8 Å². The zero-order valence-electron chi connectivity index (χ0n) is 20.5. The van der Waals surface area contributed by atoms with Crippen molar-refractivity contribution in [1.82, 2.24) is 14.7 Å². The lowest BCUT2D eigenvalue weighted by atomic mass is 9.92. The number of carbonyl (C=O) groups excluding carboxylic acids is 2. The van der Waals surface area contributed by atoms with Crippen LogP contribution in [0, 0.1) is 0 Å². The summed E-state index contributed by atoms with van der Waals surface area (Å²) in [5.41, 5.74) is 3.58. The van der Waals surface area contributed by atoms with E-state index in [9.17, 15) is 9.59 Å².